The van der Waals surface area contributed by atoms with E-state index >= 15 is 0 Å². The molecule has 3 N–H and O–H groups in total. The fraction of sp³-hybridized carbons (Fsp3) is 0.154. The van der Waals surface area contributed by atoms with Crippen LogP contribution in [0.15, 0.2) is 47.1 Å². The minimum atomic E-state index is -0.121. The molecule has 1 aromatic carbocycles. The van der Waals surface area contributed by atoms with E-state index in [1.165, 1.54) is 0 Å². The highest BCUT2D eigenvalue weighted by Crippen LogP contribution is 2.06. The Morgan fingerprint density at radius 3 is 2.88 bits per heavy atom. The summed E-state index contributed by atoms with van der Waals surface area (Å²) >= 11 is 0. The molecule has 88 valence electrons. The van der Waals surface area contributed by atoms with Gasteiger partial charge >= 0.3 is 0 Å². The largest absolute Gasteiger partial charge is 0.469 e. The van der Waals surface area contributed by atoms with Gasteiger partial charge in [-0.3, -0.25) is 4.79 Å². The minimum Gasteiger partial charge on any atom is -0.469 e. The van der Waals surface area contributed by atoms with Crippen LogP contribution in [0.25, 0.3) is 0 Å². The quantitative estimate of drug-likeness (QED) is 0.787. The van der Waals surface area contributed by atoms with Crippen molar-refractivity contribution in [1.82, 2.24) is 5.32 Å². The number of hydrogen-bond acceptors (Lipinski definition) is 3. The molecule has 1 amide bonds. The zero-order chi connectivity index (χ0) is 12.1. The van der Waals surface area contributed by atoms with Crippen molar-refractivity contribution in [2.45, 2.75) is 6.42 Å². The maximum absolute atomic E-state index is 11.7. The smallest absolute Gasteiger partial charge is 0.251 e. The Balaban J connectivity index is 1.85. The highest BCUT2D eigenvalue weighted by molar-refractivity contribution is 5.94. The van der Waals surface area contributed by atoms with Crippen LogP contribution in [0.2, 0.25) is 0 Å². The Hall–Kier alpha value is -2.23. The van der Waals surface area contributed by atoms with E-state index in [4.69, 9.17) is 10.2 Å². The second kappa shape index (κ2) is 5.21. The Morgan fingerprint density at radius 2 is 2.18 bits per heavy atom. The molecule has 1 heterocycles. The highest BCUT2D eigenvalue weighted by atomic mass is 16.3. The van der Waals surface area contributed by atoms with Crippen LogP contribution in [0, 0.1) is 0 Å². The molecule has 2 rings (SSSR count). The Labute approximate surface area is 99.4 Å². The van der Waals surface area contributed by atoms with E-state index in [1.54, 1.807) is 30.5 Å². The lowest BCUT2D eigenvalue weighted by molar-refractivity contribution is 0.0954. The fourth-order valence-corrected chi connectivity index (χ4v) is 1.54. The molecule has 0 saturated heterocycles. The van der Waals surface area contributed by atoms with Crippen LogP contribution in [0.3, 0.4) is 0 Å². The molecule has 0 spiro atoms. The van der Waals surface area contributed by atoms with Crippen LogP contribution in [0.4, 0.5) is 5.69 Å². The summed E-state index contributed by atoms with van der Waals surface area (Å²) in [5.41, 5.74) is 6.77. The van der Waals surface area contributed by atoms with Crippen LogP contribution < -0.4 is 11.1 Å². The van der Waals surface area contributed by atoms with E-state index in [0.717, 1.165) is 5.76 Å². The molecule has 4 heteroatoms. The predicted octanol–water partition coefficient (Wildman–Crippen LogP) is 1.83. The number of furan rings is 1. The number of carbonyl (C=O) groups is 1. The van der Waals surface area contributed by atoms with Gasteiger partial charge in [0.15, 0.2) is 0 Å². The molecule has 2 aromatic rings. The second-order valence-electron chi connectivity index (χ2n) is 3.71. The molecule has 0 aliphatic rings. The van der Waals surface area contributed by atoms with Crippen molar-refractivity contribution in [1.29, 1.82) is 0 Å². The number of anilines is 1. The molecule has 0 aliphatic carbocycles. The van der Waals surface area contributed by atoms with Gasteiger partial charge in [-0.15, -0.1) is 0 Å². The minimum absolute atomic E-state index is 0.121. The van der Waals surface area contributed by atoms with E-state index < -0.39 is 0 Å². The lowest BCUT2D eigenvalue weighted by Crippen LogP contribution is -2.25. The first kappa shape index (κ1) is 11.3. The molecule has 0 fully saturated rings. The van der Waals surface area contributed by atoms with Gasteiger partial charge in [0, 0.05) is 24.2 Å². The summed E-state index contributed by atoms with van der Waals surface area (Å²) in [6, 6.07) is 10.6. The van der Waals surface area contributed by atoms with Crippen molar-refractivity contribution in [2.24, 2.45) is 0 Å². The SMILES string of the molecule is Nc1cccc(C(=O)NCCc2ccco2)c1. The molecule has 0 unspecified atom stereocenters. The van der Waals surface area contributed by atoms with E-state index in [2.05, 4.69) is 5.32 Å². The molecule has 1 aromatic heterocycles. The van der Waals surface area contributed by atoms with Crippen molar-refractivity contribution in [3.8, 4) is 0 Å². The van der Waals surface area contributed by atoms with E-state index in [0.29, 0.717) is 24.2 Å². The number of nitrogen functional groups attached to an aromatic ring is 1. The lowest BCUT2D eigenvalue weighted by Gasteiger charge is -2.04. The third kappa shape index (κ3) is 3.11. The lowest BCUT2D eigenvalue weighted by atomic mass is 10.2. The van der Waals surface area contributed by atoms with Crippen molar-refractivity contribution >= 4 is 11.6 Å². The molecule has 0 atom stereocenters. The molecular weight excluding hydrogens is 216 g/mol. The number of rotatable bonds is 4. The molecule has 0 saturated carbocycles. The maximum Gasteiger partial charge on any atom is 0.251 e. The summed E-state index contributed by atoms with van der Waals surface area (Å²) < 4.78 is 5.17. The van der Waals surface area contributed by atoms with Gasteiger partial charge in [0.25, 0.3) is 5.91 Å². The van der Waals surface area contributed by atoms with Crippen molar-refractivity contribution < 1.29 is 9.21 Å². The number of nitrogens with one attached hydrogen (secondary N) is 1. The molecule has 0 radical (unpaired) electrons. The monoisotopic (exact) mass is 230 g/mol. The van der Waals surface area contributed by atoms with Crippen LogP contribution >= 0.6 is 0 Å². The number of nitrogens with two attached hydrogens (primary N) is 1. The Bertz CT molecular complexity index is 492. The summed E-state index contributed by atoms with van der Waals surface area (Å²) in [5, 5.41) is 2.81. The van der Waals surface area contributed by atoms with Gasteiger partial charge in [0.2, 0.25) is 0 Å². The van der Waals surface area contributed by atoms with Crippen molar-refractivity contribution in [3.05, 3.63) is 54.0 Å². The Kier molecular flexibility index (Phi) is 3.45. The van der Waals surface area contributed by atoms with Crippen LogP contribution in [-0.2, 0) is 6.42 Å². The first-order valence-electron chi connectivity index (χ1n) is 5.42. The van der Waals surface area contributed by atoms with Gasteiger partial charge in [-0.2, -0.15) is 0 Å². The van der Waals surface area contributed by atoms with Gasteiger partial charge in [0.05, 0.1) is 6.26 Å². The summed E-state index contributed by atoms with van der Waals surface area (Å²) in [6.07, 6.45) is 2.30. The average molecular weight is 230 g/mol. The second-order valence-corrected chi connectivity index (χ2v) is 3.71. The van der Waals surface area contributed by atoms with Gasteiger partial charge in [-0.1, -0.05) is 6.07 Å². The fourth-order valence-electron chi connectivity index (χ4n) is 1.54. The third-order valence-corrected chi connectivity index (χ3v) is 2.39. The number of benzene rings is 1. The topological polar surface area (TPSA) is 68.3 Å². The van der Waals surface area contributed by atoms with Gasteiger partial charge < -0.3 is 15.5 Å². The number of carbonyl (C=O) groups excluding carboxylic acids is 1. The first-order chi connectivity index (χ1) is 8.25. The molecule has 17 heavy (non-hydrogen) atoms. The van der Waals surface area contributed by atoms with Crippen LogP contribution in [0.1, 0.15) is 16.1 Å². The van der Waals surface area contributed by atoms with Crippen LogP contribution in [-0.4, -0.2) is 12.5 Å². The standard InChI is InChI=1S/C13H14N2O2/c14-11-4-1-3-10(9-11)13(16)15-7-6-12-5-2-8-17-12/h1-5,8-9H,6-7,14H2,(H,15,16). The normalized spacial score (nSPS) is 10.1. The molecule has 0 aliphatic heterocycles. The predicted molar refractivity (Wildman–Crippen MR) is 65.6 cm³/mol. The van der Waals surface area contributed by atoms with Crippen molar-refractivity contribution in [3.63, 3.8) is 0 Å². The van der Waals surface area contributed by atoms with Gasteiger partial charge in [0.1, 0.15) is 5.76 Å². The van der Waals surface area contributed by atoms with Gasteiger partial charge in [-0.25, -0.2) is 0 Å². The summed E-state index contributed by atoms with van der Waals surface area (Å²) in [5.74, 6) is 0.738. The third-order valence-electron chi connectivity index (χ3n) is 2.39. The zero-order valence-electron chi connectivity index (χ0n) is 9.35. The van der Waals surface area contributed by atoms with Gasteiger partial charge in [-0.05, 0) is 30.3 Å². The molecule has 4 nitrogen and oxygen atoms in total. The molecule has 0 bridgehead atoms. The summed E-state index contributed by atoms with van der Waals surface area (Å²) in [4.78, 5) is 11.7. The van der Waals surface area contributed by atoms with E-state index in [9.17, 15) is 4.79 Å². The molecular formula is C13H14N2O2. The summed E-state index contributed by atoms with van der Waals surface area (Å²) in [7, 11) is 0. The Morgan fingerprint density at radius 1 is 1.29 bits per heavy atom. The van der Waals surface area contributed by atoms with Crippen LogP contribution in [0.5, 0.6) is 0 Å². The average Bonchev–Trinajstić information content (AvgIpc) is 2.82. The zero-order valence-corrected chi connectivity index (χ0v) is 9.35. The van der Waals surface area contributed by atoms with E-state index in [1.807, 2.05) is 12.1 Å². The number of hydrogen-bond donors (Lipinski definition) is 2. The summed E-state index contributed by atoms with van der Waals surface area (Å²) in [6.45, 7) is 0.543. The first-order valence-corrected chi connectivity index (χ1v) is 5.42. The van der Waals surface area contributed by atoms with Crippen molar-refractivity contribution in [2.75, 3.05) is 12.3 Å². The highest BCUT2D eigenvalue weighted by Gasteiger charge is 2.05. The van der Waals surface area contributed by atoms with E-state index in [-0.39, 0.29) is 5.91 Å². The maximum atomic E-state index is 11.7. The number of amides is 1.